The number of halogens is 1. The molecule has 4 rings (SSSR count). The van der Waals surface area contributed by atoms with Gasteiger partial charge in [-0.05, 0) is 80.6 Å². The van der Waals surface area contributed by atoms with E-state index in [1.165, 1.54) is 60.9 Å². The molecule has 2 atom stereocenters. The number of fused-ring (bicyclic) bond motifs is 1. The van der Waals surface area contributed by atoms with Crippen molar-refractivity contribution in [2.24, 2.45) is 0 Å². The maximum atomic E-state index is 11.1. The van der Waals surface area contributed by atoms with Gasteiger partial charge >= 0.3 is 0 Å². The fraction of sp³-hybridized carbons (Fsp3) is 0.409. The predicted octanol–water partition coefficient (Wildman–Crippen LogP) is 5.08. The van der Waals surface area contributed by atoms with Crippen LogP contribution >= 0.6 is 24.2 Å². The number of carbonyl (C=O) groups is 1. The first kappa shape index (κ1) is 22.8. The monoisotopic (exact) mass is 420 g/mol. The molecule has 0 aromatic heterocycles. The van der Waals surface area contributed by atoms with Crippen molar-refractivity contribution in [2.75, 3.05) is 11.9 Å². The molecule has 2 aliphatic rings. The highest BCUT2D eigenvalue weighted by Gasteiger charge is 2.34. The third-order valence-corrected chi connectivity index (χ3v) is 6.53. The van der Waals surface area contributed by atoms with Crippen LogP contribution < -0.4 is 5.32 Å². The van der Waals surface area contributed by atoms with Gasteiger partial charge in [0, 0.05) is 34.5 Å². The molecule has 4 nitrogen and oxygen atoms in total. The van der Waals surface area contributed by atoms with Crippen LogP contribution in [0.15, 0.2) is 58.3 Å². The fourth-order valence-corrected chi connectivity index (χ4v) is 5.17. The molecule has 0 saturated carbocycles. The SMILES string of the molecule is CC(=O)Nc1ccc(Sc2ccc(C3CCCC4CCCN43)cc2)cc1.Cl.O. The molecule has 6 heteroatoms. The van der Waals surface area contributed by atoms with Crippen LogP contribution in [0.2, 0.25) is 0 Å². The number of rotatable bonds is 4. The lowest BCUT2D eigenvalue weighted by Crippen LogP contribution is -2.37. The summed E-state index contributed by atoms with van der Waals surface area (Å²) in [4.78, 5) is 16.3. The Hall–Kier alpha value is -1.53. The first-order chi connectivity index (χ1) is 12.7. The van der Waals surface area contributed by atoms with Crippen molar-refractivity contribution < 1.29 is 10.3 Å². The maximum Gasteiger partial charge on any atom is 0.221 e. The van der Waals surface area contributed by atoms with Crippen LogP contribution in [0.5, 0.6) is 0 Å². The zero-order chi connectivity index (χ0) is 17.9. The second-order valence-corrected chi connectivity index (χ2v) is 8.50. The lowest BCUT2D eigenvalue weighted by atomic mass is 9.92. The average molecular weight is 421 g/mol. The molecule has 2 aliphatic heterocycles. The van der Waals surface area contributed by atoms with Gasteiger partial charge in [-0.15, -0.1) is 12.4 Å². The number of nitrogens with zero attached hydrogens (tertiary/aromatic N) is 1. The Morgan fingerprint density at radius 1 is 0.964 bits per heavy atom. The van der Waals surface area contributed by atoms with Gasteiger partial charge in [0.2, 0.25) is 5.91 Å². The topological polar surface area (TPSA) is 63.8 Å². The Bertz CT molecular complexity index is 767. The van der Waals surface area contributed by atoms with E-state index < -0.39 is 0 Å². The predicted molar refractivity (Wildman–Crippen MR) is 118 cm³/mol. The Morgan fingerprint density at radius 3 is 2.21 bits per heavy atom. The highest BCUT2D eigenvalue weighted by molar-refractivity contribution is 7.99. The normalized spacial score (nSPS) is 21.2. The molecule has 1 amide bonds. The zero-order valence-corrected chi connectivity index (χ0v) is 17.8. The highest BCUT2D eigenvalue weighted by atomic mass is 35.5. The van der Waals surface area contributed by atoms with Gasteiger partial charge in [-0.25, -0.2) is 0 Å². The summed E-state index contributed by atoms with van der Waals surface area (Å²) in [7, 11) is 0. The Kier molecular flexibility index (Phi) is 8.38. The quantitative estimate of drug-likeness (QED) is 0.749. The van der Waals surface area contributed by atoms with E-state index in [0.29, 0.717) is 6.04 Å². The van der Waals surface area contributed by atoms with Crippen LogP contribution in [0.3, 0.4) is 0 Å². The minimum atomic E-state index is -0.0380. The highest BCUT2D eigenvalue weighted by Crippen LogP contribution is 2.40. The van der Waals surface area contributed by atoms with E-state index in [0.717, 1.165) is 11.7 Å². The summed E-state index contributed by atoms with van der Waals surface area (Å²) in [5.74, 6) is -0.0380. The van der Waals surface area contributed by atoms with Crippen molar-refractivity contribution in [3.8, 4) is 0 Å². The minimum absolute atomic E-state index is 0. The molecule has 2 heterocycles. The third kappa shape index (κ3) is 5.29. The molecule has 0 bridgehead atoms. The number of carbonyl (C=O) groups excluding carboxylic acids is 1. The fourth-order valence-electron chi connectivity index (χ4n) is 4.35. The molecule has 2 unspecified atom stereocenters. The number of hydrogen-bond acceptors (Lipinski definition) is 3. The Morgan fingerprint density at radius 2 is 1.57 bits per heavy atom. The molecular formula is C22H29ClN2O2S. The molecule has 152 valence electrons. The molecule has 2 aromatic rings. The largest absolute Gasteiger partial charge is 0.412 e. The first-order valence-corrected chi connectivity index (χ1v) is 10.4. The number of nitrogens with one attached hydrogen (secondary N) is 1. The number of amides is 1. The van der Waals surface area contributed by atoms with Crippen LogP contribution in [0.4, 0.5) is 5.69 Å². The van der Waals surface area contributed by atoms with Gasteiger partial charge in [0.1, 0.15) is 0 Å². The summed E-state index contributed by atoms with van der Waals surface area (Å²) in [6, 6.07) is 18.6. The smallest absolute Gasteiger partial charge is 0.221 e. The summed E-state index contributed by atoms with van der Waals surface area (Å²) in [6.07, 6.45) is 6.80. The van der Waals surface area contributed by atoms with E-state index >= 15 is 0 Å². The van der Waals surface area contributed by atoms with E-state index in [1.807, 2.05) is 12.1 Å². The van der Waals surface area contributed by atoms with E-state index in [4.69, 9.17) is 0 Å². The van der Waals surface area contributed by atoms with E-state index in [2.05, 4.69) is 46.6 Å². The second kappa shape index (κ2) is 10.3. The lowest BCUT2D eigenvalue weighted by Gasteiger charge is -2.38. The number of benzene rings is 2. The van der Waals surface area contributed by atoms with E-state index in [1.54, 1.807) is 11.8 Å². The average Bonchev–Trinajstić information content (AvgIpc) is 3.12. The van der Waals surface area contributed by atoms with Crippen molar-refractivity contribution in [2.45, 2.75) is 60.9 Å². The zero-order valence-electron chi connectivity index (χ0n) is 16.2. The first-order valence-electron chi connectivity index (χ1n) is 9.60. The maximum absolute atomic E-state index is 11.1. The van der Waals surface area contributed by atoms with Crippen LogP contribution in [0, 0.1) is 0 Å². The van der Waals surface area contributed by atoms with Crippen molar-refractivity contribution in [1.82, 2.24) is 4.90 Å². The molecule has 2 fully saturated rings. The van der Waals surface area contributed by atoms with Gasteiger partial charge in [-0.2, -0.15) is 0 Å². The molecule has 28 heavy (non-hydrogen) atoms. The van der Waals surface area contributed by atoms with Gasteiger partial charge in [0.05, 0.1) is 0 Å². The lowest BCUT2D eigenvalue weighted by molar-refractivity contribution is -0.114. The minimum Gasteiger partial charge on any atom is -0.412 e. The van der Waals surface area contributed by atoms with E-state index in [-0.39, 0.29) is 23.8 Å². The van der Waals surface area contributed by atoms with Gasteiger partial charge in [0.15, 0.2) is 0 Å². The molecule has 3 N–H and O–H groups in total. The van der Waals surface area contributed by atoms with Crippen LogP contribution in [-0.4, -0.2) is 28.9 Å². The summed E-state index contributed by atoms with van der Waals surface area (Å²) < 4.78 is 0. The van der Waals surface area contributed by atoms with Gasteiger partial charge in [-0.3, -0.25) is 9.69 Å². The summed E-state index contributed by atoms with van der Waals surface area (Å²) >= 11 is 1.76. The van der Waals surface area contributed by atoms with Gasteiger partial charge < -0.3 is 10.8 Å². The molecule has 2 saturated heterocycles. The molecule has 2 aromatic carbocycles. The second-order valence-electron chi connectivity index (χ2n) is 7.36. The van der Waals surface area contributed by atoms with Crippen molar-refractivity contribution in [3.05, 3.63) is 54.1 Å². The molecule has 0 spiro atoms. The van der Waals surface area contributed by atoms with Crippen molar-refractivity contribution in [3.63, 3.8) is 0 Å². The van der Waals surface area contributed by atoms with Crippen molar-refractivity contribution >= 4 is 35.8 Å². The van der Waals surface area contributed by atoms with Gasteiger partial charge in [-0.1, -0.05) is 23.9 Å². The van der Waals surface area contributed by atoms with Crippen LogP contribution in [-0.2, 0) is 4.79 Å². The number of anilines is 1. The summed E-state index contributed by atoms with van der Waals surface area (Å²) in [5, 5.41) is 2.81. The molecule has 0 radical (unpaired) electrons. The van der Waals surface area contributed by atoms with Crippen LogP contribution in [0.1, 0.15) is 50.6 Å². The van der Waals surface area contributed by atoms with Crippen LogP contribution in [0.25, 0.3) is 0 Å². The van der Waals surface area contributed by atoms with Crippen molar-refractivity contribution in [1.29, 1.82) is 0 Å². The summed E-state index contributed by atoms with van der Waals surface area (Å²) in [5.41, 5.74) is 2.32. The molecular weight excluding hydrogens is 392 g/mol. The van der Waals surface area contributed by atoms with E-state index in [9.17, 15) is 4.79 Å². The summed E-state index contributed by atoms with van der Waals surface area (Å²) in [6.45, 7) is 2.80. The Balaban J connectivity index is 0.00000140. The third-order valence-electron chi connectivity index (χ3n) is 5.51. The molecule has 0 aliphatic carbocycles. The number of hydrogen-bond donors (Lipinski definition) is 1. The standard InChI is InChI=1S/C22H26N2OS.ClH.H2O/c1-16(25)23-18-9-13-21(14-10-18)26-20-11-7-17(8-12-20)22-6-2-4-19-5-3-15-24(19)22;;/h7-14,19,22H,2-6,15H2,1H3,(H,23,25);1H;1H2. The Labute approximate surface area is 177 Å². The van der Waals surface area contributed by atoms with Gasteiger partial charge in [0.25, 0.3) is 0 Å². The number of piperidine rings is 1.